The average Bonchev–Trinajstić information content (AvgIpc) is 3.07. The quantitative estimate of drug-likeness (QED) is 0.517. The minimum atomic E-state index is -0.227. The molecule has 0 spiro atoms. The molecule has 0 bridgehead atoms. The Labute approximate surface area is 158 Å². The molecule has 0 atom stereocenters. The van der Waals surface area contributed by atoms with E-state index in [1.807, 2.05) is 43.6 Å². The van der Waals surface area contributed by atoms with Crippen LogP contribution in [0.3, 0.4) is 0 Å². The van der Waals surface area contributed by atoms with E-state index >= 15 is 0 Å². The average molecular weight is 368 g/mol. The van der Waals surface area contributed by atoms with Gasteiger partial charge in [-0.25, -0.2) is 4.39 Å². The van der Waals surface area contributed by atoms with Gasteiger partial charge in [0.25, 0.3) is 0 Å². The van der Waals surface area contributed by atoms with Gasteiger partial charge in [-0.3, -0.25) is 4.99 Å². The second kappa shape index (κ2) is 8.58. The molecule has 2 N–H and O–H groups in total. The molecule has 5 nitrogen and oxygen atoms in total. The fourth-order valence-electron chi connectivity index (χ4n) is 3.14. The van der Waals surface area contributed by atoms with Crippen LogP contribution in [0.4, 0.5) is 4.39 Å². The van der Waals surface area contributed by atoms with Crippen LogP contribution in [-0.2, 0) is 13.0 Å². The molecule has 0 saturated heterocycles. The number of hydrogen-bond acceptors (Lipinski definition) is 2. The molecule has 0 saturated carbocycles. The fourth-order valence-corrected chi connectivity index (χ4v) is 3.14. The maximum atomic E-state index is 13.3. The minimum Gasteiger partial charge on any atom is -0.497 e. The van der Waals surface area contributed by atoms with Gasteiger partial charge in [0.05, 0.1) is 7.11 Å². The number of guanidine groups is 1. The van der Waals surface area contributed by atoms with Gasteiger partial charge in [-0.05, 0) is 47.9 Å². The molecule has 1 heterocycles. The molecule has 0 aliphatic rings. The van der Waals surface area contributed by atoms with Crippen LogP contribution in [0.1, 0.15) is 11.1 Å². The summed E-state index contributed by atoms with van der Waals surface area (Å²) < 4.78 is 18.5. The molecule has 6 heteroatoms. The highest BCUT2D eigenvalue weighted by Gasteiger charge is 2.08. The largest absolute Gasteiger partial charge is 0.497 e. The number of halogens is 1. The lowest BCUT2D eigenvalue weighted by atomic mass is 10.1. The Morgan fingerprint density at radius 2 is 2.00 bits per heavy atom. The number of methoxy groups -OCH3 is 1. The number of ether oxygens (including phenoxy) is 1. The van der Waals surface area contributed by atoms with Crippen molar-refractivity contribution in [3.05, 3.63) is 65.6 Å². The summed E-state index contributed by atoms with van der Waals surface area (Å²) in [7, 11) is 5.45. The topological polar surface area (TPSA) is 52.7 Å². The van der Waals surface area contributed by atoms with Crippen molar-refractivity contribution in [3.8, 4) is 5.75 Å². The lowest BCUT2D eigenvalue weighted by Gasteiger charge is -2.22. The second-order valence-corrected chi connectivity index (χ2v) is 6.43. The van der Waals surface area contributed by atoms with E-state index in [0.29, 0.717) is 0 Å². The van der Waals surface area contributed by atoms with Crippen LogP contribution in [0.2, 0.25) is 0 Å². The van der Waals surface area contributed by atoms with E-state index in [-0.39, 0.29) is 5.82 Å². The molecule has 0 amide bonds. The number of H-pyrrole nitrogens is 1. The number of nitrogens with zero attached hydrogens (tertiary/aromatic N) is 2. The summed E-state index contributed by atoms with van der Waals surface area (Å²) in [5, 5.41) is 4.44. The number of rotatable bonds is 6. The van der Waals surface area contributed by atoms with E-state index in [4.69, 9.17) is 4.74 Å². The Kier molecular flexibility index (Phi) is 5.96. The number of nitrogens with one attached hydrogen (secondary N) is 2. The molecule has 0 aliphatic carbocycles. The first-order valence-corrected chi connectivity index (χ1v) is 8.91. The van der Waals surface area contributed by atoms with Crippen LogP contribution in [-0.4, -0.2) is 43.6 Å². The Balaban J connectivity index is 1.56. The second-order valence-electron chi connectivity index (χ2n) is 6.43. The monoisotopic (exact) mass is 368 g/mol. The van der Waals surface area contributed by atoms with Crippen molar-refractivity contribution < 1.29 is 9.13 Å². The number of aromatic nitrogens is 1. The van der Waals surface area contributed by atoms with Gasteiger partial charge in [-0.2, -0.15) is 0 Å². The zero-order valence-corrected chi connectivity index (χ0v) is 15.9. The summed E-state index contributed by atoms with van der Waals surface area (Å²) in [6.45, 7) is 1.49. The Bertz CT molecular complexity index is 918. The minimum absolute atomic E-state index is 0.227. The molecule has 0 unspecified atom stereocenters. The first-order chi connectivity index (χ1) is 13.1. The van der Waals surface area contributed by atoms with Crippen molar-refractivity contribution >= 4 is 16.9 Å². The zero-order chi connectivity index (χ0) is 19.2. The van der Waals surface area contributed by atoms with E-state index in [1.54, 1.807) is 14.2 Å². The zero-order valence-electron chi connectivity index (χ0n) is 15.9. The SMILES string of the molecule is CN=C(NCCc1c[nH]c2cc(F)ccc12)N(C)Cc1ccc(OC)cc1. The smallest absolute Gasteiger partial charge is 0.193 e. The summed E-state index contributed by atoms with van der Waals surface area (Å²) in [5.41, 5.74) is 3.16. The third-order valence-electron chi connectivity index (χ3n) is 4.56. The Hall–Kier alpha value is -3.02. The molecule has 0 radical (unpaired) electrons. The lowest BCUT2D eigenvalue weighted by Crippen LogP contribution is -2.39. The highest BCUT2D eigenvalue weighted by Crippen LogP contribution is 2.19. The third kappa shape index (κ3) is 4.58. The van der Waals surface area contributed by atoms with Gasteiger partial charge >= 0.3 is 0 Å². The molecule has 142 valence electrons. The Morgan fingerprint density at radius 3 is 2.70 bits per heavy atom. The van der Waals surface area contributed by atoms with Crippen molar-refractivity contribution in [1.82, 2.24) is 15.2 Å². The van der Waals surface area contributed by atoms with Crippen LogP contribution in [0.15, 0.2) is 53.7 Å². The van der Waals surface area contributed by atoms with Gasteiger partial charge in [-0.15, -0.1) is 0 Å². The molecular formula is C21H25FN4O. The number of fused-ring (bicyclic) bond motifs is 1. The number of aromatic amines is 1. The molecule has 3 rings (SSSR count). The van der Waals surface area contributed by atoms with E-state index in [9.17, 15) is 4.39 Å². The molecule has 2 aromatic carbocycles. The predicted octanol–water partition coefficient (Wildman–Crippen LogP) is 3.57. The summed E-state index contributed by atoms with van der Waals surface area (Å²) >= 11 is 0. The maximum absolute atomic E-state index is 13.3. The first-order valence-electron chi connectivity index (χ1n) is 8.91. The number of benzene rings is 2. The Morgan fingerprint density at radius 1 is 1.22 bits per heavy atom. The normalized spacial score (nSPS) is 11.6. The van der Waals surface area contributed by atoms with Crippen molar-refractivity contribution in [3.63, 3.8) is 0 Å². The molecule has 0 fully saturated rings. The van der Waals surface area contributed by atoms with E-state index in [1.165, 1.54) is 17.7 Å². The molecule has 0 aliphatic heterocycles. The van der Waals surface area contributed by atoms with Crippen molar-refractivity contribution in [2.45, 2.75) is 13.0 Å². The molecular weight excluding hydrogens is 343 g/mol. The van der Waals surface area contributed by atoms with Gasteiger partial charge in [0.15, 0.2) is 5.96 Å². The van der Waals surface area contributed by atoms with Crippen molar-refractivity contribution in [1.29, 1.82) is 0 Å². The van der Waals surface area contributed by atoms with Gasteiger partial charge < -0.3 is 19.9 Å². The van der Waals surface area contributed by atoms with Gasteiger partial charge in [0, 0.05) is 44.3 Å². The first kappa shape index (κ1) is 18.8. The number of aliphatic imine (C=N–C) groups is 1. The van der Waals surface area contributed by atoms with Crippen LogP contribution < -0.4 is 10.1 Å². The highest BCUT2D eigenvalue weighted by molar-refractivity contribution is 5.83. The summed E-state index contributed by atoms with van der Waals surface area (Å²) in [4.78, 5) is 9.56. The van der Waals surface area contributed by atoms with Crippen LogP contribution in [0, 0.1) is 5.82 Å². The van der Waals surface area contributed by atoms with E-state index in [2.05, 4.69) is 20.2 Å². The maximum Gasteiger partial charge on any atom is 0.193 e. The van der Waals surface area contributed by atoms with Crippen LogP contribution in [0.25, 0.3) is 10.9 Å². The fraction of sp³-hybridized carbons (Fsp3) is 0.286. The molecule has 27 heavy (non-hydrogen) atoms. The molecule has 1 aromatic heterocycles. The van der Waals surface area contributed by atoms with Crippen LogP contribution in [0.5, 0.6) is 5.75 Å². The summed E-state index contributed by atoms with van der Waals surface area (Å²) in [5.74, 6) is 1.45. The summed E-state index contributed by atoms with van der Waals surface area (Å²) in [6, 6.07) is 12.9. The van der Waals surface area contributed by atoms with E-state index < -0.39 is 0 Å². The van der Waals surface area contributed by atoms with Gasteiger partial charge in [0.2, 0.25) is 0 Å². The number of hydrogen-bond donors (Lipinski definition) is 2. The third-order valence-corrected chi connectivity index (χ3v) is 4.56. The lowest BCUT2D eigenvalue weighted by molar-refractivity contribution is 0.414. The van der Waals surface area contributed by atoms with Crippen molar-refractivity contribution in [2.75, 3.05) is 27.7 Å². The van der Waals surface area contributed by atoms with Crippen molar-refractivity contribution in [2.24, 2.45) is 4.99 Å². The van der Waals surface area contributed by atoms with Crippen LogP contribution >= 0.6 is 0 Å². The van der Waals surface area contributed by atoms with Gasteiger partial charge in [0.1, 0.15) is 11.6 Å². The molecule has 3 aromatic rings. The van der Waals surface area contributed by atoms with E-state index in [0.717, 1.165) is 47.7 Å². The summed E-state index contributed by atoms with van der Waals surface area (Å²) in [6.07, 6.45) is 2.76. The highest BCUT2D eigenvalue weighted by atomic mass is 19.1. The van der Waals surface area contributed by atoms with Gasteiger partial charge in [-0.1, -0.05) is 12.1 Å². The predicted molar refractivity (Wildman–Crippen MR) is 108 cm³/mol. The standard InChI is InChI=1S/C21H25FN4O/c1-23-21(26(2)14-15-4-7-18(27-3)8-5-15)24-11-10-16-13-25-20-12-17(22)6-9-19(16)20/h4-9,12-13,25H,10-11,14H2,1-3H3,(H,23,24).